The van der Waals surface area contributed by atoms with Crippen LogP contribution in [0, 0.1) is 12.3 Å². The monoisotopic (exact) mass is 327 g/mol. The van der Waals surface area contributed by atoms with Gasteiger partial charge in [-0.25, -0.2) is 4.98 Å². The number of nitrogens with two attached hydrogens (primary N) is 1. The number of amides is 1. The number of carbonyl (C=O) groups is 1. The van der Waals surface area contributed by atoms with Gasteiger partial charge in [0.25, 0.3) is 0 Å². The summed E-state index contributed by atoms with van der Waals surface area (Å²) in [5.41, 5.74) is 6.20. The predicted molar refractivity (Wildman–Crippen MR) is 76.8 cm³/mol. The van der Waals surface area contributed by atoms with Crippen LogP contribution >= 0.6 is 15.9 Å². The molecular formula is C13H18BrN3O2. The highest BCUT2D eigenvalue weighted by molar-refractivity contribution is 9.10. The average Bonchev–Trinajstić information content (AvgIpc) is 2.42. The van der Waals surface area contributed by atoms with E-state index in [0.717, 1.165) is 10.0 Å². The van der Waals surface area contributed by atoms with E-state index in [0.29, 0.717) is 38.4 Å². The minimum absolute atomic E-state index is 0.0591. The van der Waals surface area contributed by atoms with E-state index < -0.39 is 5.41 Å². The van der Waals surface area contributed by atoms with Crippen molar-refractivity contribution in [2.75, 3.05) is 25.1 Å². The Kier molecular flexibility index (Phi) is 4.54. The lowest BCUT2D eigenvalue weighted by molar-refractivity contribution is -0.130. The van der Waals surface area contributed by atoms with Gasteiger partial charge in [-0.05, 0) is 47.3 Å². The van der Waals surface area contributed by atoms with Crippen LogP contribution in [0.2, 0.25) is 0 Å². The van der Waals surface area contributed by atoms with E-state index in [1.165, 1.54) is 0 Å². The van der Waals surface area contributed by atoms with Crippen LogP contribution in [0.5, 0.6) is 0 Å². The number of ether oxygens (including phenoxy) is 1. The fourth-order valence-corrected chi connectivity index (χ4v) is 2.64. The van der Waals surface area contributed by atoms with Crippen LogP contribution in [0.4, 0.5) is 5.82 Å². The number of nitrogens with one attached hydrogen (secondary N) is 1. The van der Waals surface area contributed by atoms with Gasteiger partial charge in [0, 0.05) is 30.4 Å². The Morgan fingerprint density at radius 2 is 2.26 bits per heavy atom. The third-order valence-corrected chi connectivity index (χ3v) is 4.03. The molecule has 0 radical (unpaired) electrons. The number of halogens is 1. The third-order valence-electron chi connectivity index (χ3n) is 3.60. The van der Waals surface area contributed by atoms with Crippen molar-refractivity contribution in [3.8, 4) is 0 Å². The van der Waals surface area contributed by atoms with E-state index in [2.05, 4.69) is 26.2 Å². The summed E-state index contributed by atoms with van der Waals surface area (Å²) in [6.45, 7) is 3.40. The number of pyridine rings is 1. The summed E-state index contributed by atoms with van der Waals surface area (Å²) < 4.78 is 6.20. The van der Waals surface area contributed by atoms with Crippen LogP contribution in [0.3, 0.4) is 0 Å². The molecule has 0 aliphatic carbocycles. The first-order valence-electron chi connectivity index (χ1n) is 6.29. The minimum atomic E-state index is -0.528. The van der Waals surface area contributed by atoms with Gasteiger partial charge in [0.1, 0.15) is 5.82 Å². The van der Waals surface area contributed by atoms with Gasteiger partial charge in [0.2, 0.25) is 5.91 Å². The molecule has 1 saturated heterocycles. The fourth-order valence-electron chi connectivity index (χ4n) is 2.20. The highest BCUT2D eigenvalue weighted by Gasteiger charge is 2.39. The largest absolute Gasteiger partial charge is 0.381 e. The number of rotatable bonds is 3. The van der Waals surface area contributed by atoms with Crippen LogP contribution in [0.15, 0.2) is 16.7 Å². The van der Waals surface area contributed by atoms with E-state index in [-0.39, 0.29) is 5.91 Å². The number of hydrogen-bond acceptors (Lipinski definition) is 4. The van der Waals surface area contributed by atoms with Gasteiger partial charge in [-0.15, -0.1) is 0 Å². The van der Waals surface area contributed by atoms with Crippen LogP contribution in [-0.4, -0.2) is 30.6 Å². The summed E-state index contributed by atoms with van der Waals surface area (Å²) in [4.78, 5) is 16.7. The fraction of sp³-hybridized carbons (Fsp3) is 0.538. The first-order valence-corrected chi connectivity index (χ1v) is 7.08. The predicted octanol–water partition coefficient (Wildman–Crippen LogP) is 1.85. The van der Waals surface area contributed by atoms with Crippen molar-refractivity contribution in [3.63, 3.8) is 0 Å². The van der Waals surface area contributed by atoms with Crippen molar-refractivity contribution in [2.45, 2.75) is 19.8 Å². The van der Waals surface area contributed by atoms with Crippen molar-refractivity contribution in [3.05, 3.63) is 22.3 Å². The molecule has 1 aliphatic rings. The molecule has 104 valence electrons. The topological polar surface area (TPSA) is 77.2 Å². The van der Waals surface area contributed by atoms with Crippen molar-refractivity contribution in [1.82, 2.24) is 4.98 Å². The normalized spacial score (nSPS) is 18.1. The molecule has 0 unspecified atom stereocenters. The first kappa shape index (κ1) is 14.4. The van der Waals surface area contributed by atoms with Gasteiger partial charge < -0.3 is 15.8 Å². The van der Waals surface area contributed by atoms with Crippen molar-refractivity contribution in [1.29, 1.82) is 0 Å². The highest BCUT2D eigenvalue weighted by atomic mass is 79.9. The average molecular weight is 328 g/mol. The molecule has 1 aliphatic heterocycles. The molecule has 2 heterocycles. The highest BCUT2D eigenvalue weighted by Crippen LogP contribution is 2.31. The van der Waals surface area contributed by atoms with E-state index >= 15 is 0 Å². The molecule has 0 spiro atoms. The first-order chi connectivity index (χ1) is 9.07. The minimum Gasteiger partial charge on any atom is -0.381 e. The van der Waals surface area contributed by atoms with Crippen LogP contribution in [-0.2, 0) is 9.53 Å². The smallest absolute Gasteiger partial charge is 0.233 e. The lowest BCUT2D eigenvalue weighted by atomic mass is 9.79. The number of aromatic nitrogens is 1. The molecule has 0 aromatic carbocycles. The molecule has 3 N–H and O–H groups in total. The van der Waals surface area contributed by atoms with Gasteiger partial charge in [0.05, 0.1) is 5.41 Å². The standard InChI is InChI=1S/C13H18BrN3O2/c1-9-6-10(14)7-16-11(9)17-12(18)13(8-15)2-4-19-5-3-13/h6-7H,2-5,8,15H2,1H3,(H,16,17,18). The summed E-state index contributed by atoms with van der Waals surface area (Å²) in [6.07, 6.45) is 2.98. The Hall–Kier alpha value is -0.980. The summed E-state index contributed by atoms with van der Waals surface area (Å²) >= 11 is 3.35. The number of hydrogen-bond donors (Lipinski definition) is 2. The van der Waals surface area contributed by atoms with Gasteiger partial charge in [-0.1, -0.05) is 0 Å². The molecule has 6 heteroatoms. The van der Waals surface area contributed by atoms with Crippen LogP contribution in [0.1, 0.15) is 18.4 Å². The molecule has 19 heavy (non-hydrogen) atoms. The Morgan fingerprint density at radius 1 is 1.58 bits per heavy atom. The molecule has 1 aromatic rings. The van der Waals surface area contributed by atoms with Gasteiger partial charge >= 0.3 is 0 Å². The lowest BCUT2D eigenvalue weighted by Crippen LogP contribution is -2.46. The molecule has 1 aromatic heterocycles. The summed E-state index contributed by atoms with van der Waals surface area (Å²) in [6, 6.07) is 1.92. The van der Waals surface area contributed by atoms with Gasteiger partial charge in [0.15, 0.2) is 0 Å². The van der Waals surface area contributed by atoms with Crippen LogP contribution < -0.4 is 11.1 Å². The van der Waals surface area contributed by atoms with Crippen molar-refractivity contribution in [2.24, 2.45) is 11.1 Å². The second kappa shape index (κ2) is 5.98. The molecule has 1 amide bonds. The lowest BCUT2D eigenvalue weighted by Gasteiger charge is -2.34. The van der Waals surface area contributed by atoms with E-state index in [4.69, 9.17) is 10.5 Å². The Labute approximate surface area is 121 Å². The van der Waals surface area contributed by atoms with Crippen LogP contribution in [0.25, 0.3) is 0 Å². The molecule has 1 fully saturated rings. The van der Waals surface area contributed by atoms with E-state index in [1.807, 2.05) is 13.0 Å². The molecule has 0 saturated carbocycles. The maximum absolute atomic E-state index is 12.5. The number of anilines is 1. The zero-order valence-electron chi connectivity index (χ0n) is 10.9. The number of aryl methyl sites for hydroxylation is 1. The SMILES string of the molecule is Cc1cc(Br)cnc1NC(=O)C1(CN)CCOCC1. The molecule has 0 atom stereocenters. The third kappa shape index (κ3) is 3.13. The van der Waals surface area contributed by atoms with E-state index in [1.54, 1.807) is 6.20 Å². The number of carbonyl (C=O) groups excluding carboxylic acids is 1. The van der Waals surface area contributed by atoms with E-state index in [9.17, 15) is 4.79 Å². The zero-order chi connectivity index (χ0) is 13.9. The molecule has 0 bridgehead atoms. The Bertz CT molecular complexity index is 473. The summed E-state index contributed by atoms with van der Waals surface area (Å²) in [5, 5.41) is 2.89. The molecule has 5 nitrogen and oxygen atoms in total. The van der Waals surface area contributed by atoms with Gasteiger partial charge in [-0.3, -0.25) is 4.79 Å². The second-order valence-electron chi connectivity index (χ2n) is 4.87. The maximum atomic E-state index is 12.5. The maximum Gasteiger partial charge on any atom is 0.233 e. The zero-order valence-corrected chi connectivity index (χ0v) is 12.5. The molecular weight excluding hydrogens is 310 g/mol. The van der Waals surface area contributed by atoms with Gasteiger partial charge in [-0.2, -0.15) is 0 Å². The quantitative estimate of drug-likeness (QED) is 0.888. The van der Waals surface area contributed by atoms with Crippen molar-refractivity contribution >= 4 is 27.7 Å². The Morgan fingerprint density at radius 3 is 2.84 bits per heavy atom. The molecule has 2 rings (SSSR count). The van der Waals surface area contributed by atoms with Crippen molar-refractivity contribution < 1.29 is 9.53 Å². The summed E-state index contributed by atoms with van der Waals surface area (Å²) in [7, 11) is 0. The Balaban J connectivity index is 2.15. The summed E-state index contributed by atoms with van der Waals surface area (Å²) in [5.74, 6) is 0.531. The second-order valence-corrected chi connectivity index (χ2v) is 5.79. The number of nitrogens with zero attached hydrogens (tertiary/aromatic N) is 1.